The van der Waals surface area contributed by atoms with Gasteiger partial charge in [-0.15, -0.1) is 12.4 Å². The molecule has 1 N–H and O–H groups in total. The van der Waals surface area contributed by atoms with Crippen LogP contribution in [0.5, 0.6) is 11.6 Å². The van der Waals surface area contributed by atoms with Crippen LogP contribution in [0.2, 0.25) is 0 Å². The van der Waals surface area contributed by atoms with Crippen LogP contribution >= 0.6 is 28.3 Å². The fourth-order valence-electron chi connectivity index (χ4n) is 1.96. The summed E-state index contributed by atoms with van der Waals surface area (Å²) < 4.78 is 8.97. The summed E-state index contributed by atoms with van der Waals surface area (Å²) in [5.41, 5.74) is 0.994. The molecule has 122 valence electrons. The van der Waals surface area contributed by atoms with Gasteiger partial charge >= 0.3 is 0 Å². The van der Waals surface area contributed by atoms with Crippen molar-refractivity contribution < 1.29 is 4.74 Å². The Kier molecular flexibility index (Phi) is 7.93. The van der Waals surface area contributed by atoms with E-state index in [1.54, 1.807) is 0 Å². The molecule has 0 unspecified atom stereocenters. The number of hydrogen-bond acceptors (Lipinski definition) is 3. The van der Waals surface area contributed by atoms with Crippen molar-refractivity contribution in [3.63, 3.8) is 0 Å². The summed E-state index contributed by atoms with van der Waals surface area (Å²) in [6.45, 7) is 6.04. The summed E-state index contributed by atoms with van der Waals surface area (Å²) in [7, 11) is 1.92. The molecule has 0 bridgehead atoms. The Morgan fingerprint density at radius 2 is 1.95 bits per heavy atom. The fourth-order valence-corrected chi connectivity index (χ4v) is 2.23. The van der Waals surface area contributed by atoms with Crippen molar-refractivity contribution in [2.75, 3.05) is 7.05 Å². The van der Waals surface area contributed by atoms with Crippen LogP contribution in [0.1, 0.15) is 26.0 Å². The lowest BCUT2D eigenvalue weighted by molar-refractivity contribution is 0.390. The molecule has 0 aliphatic rings. The first-order valence-corrected chi connectivity index (χ1v) is 8.02. The van der Waals surface area contributed by atoms with Gasteiger partial charge in [0.1, 0.15) is 5.75 Å². The molecule has 6 heteroatoms. The molecule has 1 heterocycles. The fraction of sp³-hybridized carbons (Fsp3) is 0.438. The summed E-state index contributed by atoms with van der Waals surface area (Å²) in [5.74, 6) is 2.26. The summed E-state index contributed by atoms with van der Waals surface area (Å²) >= 11 is 3.43. The molecule has 1 aromatic heterocycles. The normalized spacial score (nSPS) is 10.6. The highest BCUT2D eigenvalue weighted by Crippen LogP contribution is 2.24. The van der Waals surface area contributed by atoms with Gasteiger partial charge in [-0.3, -0.25) is 0 Å². The highest BCUT2D eigenvalue weighted by Gasteiger charge is 2.10. The lowest BCUT2D eigenvalue weighted by Gasteiger charge is -2.10. The Bertz CT molecular complexity index is 569. The summed E-state index contributed by atoms with van der Waals surface area (Å²) in [4.78, 5) is 0. The Morgan fingerprint density at radius 3 is 2.55 bits per heavy atom. The van der Waals surface area contributed by atoms with Gasteiger partial charge in [-0.1, -0.05) is 29.8 Å². The van der Waals surface area contributed by atoms with E-state index in [0.29, 0.717) is 5.92 Å². The molecule has 22 heavy (non-hydrogen) atoms. The molecule has 0 aliphatic carbocycles. The Hall–Kier alpha value is -1.04. The first-order valence-electron chi connectivity index (χ1n) is 7.23. The third kappa shape index (κ3) is 5.63. The van der Waals surface area contributed by atoms with Crippen LogP contribution in [-0.4, -0.2) is 16.8 Å². The maximum atomic E-state index is 5.98. The molecule has 0 aliphatic heterocycles. The van der Waals surface area contributed by atoms with E-state index in [2.05, 4.69) is 40.2 Å². The Labute approximate surface area is 146 Å². The smallest absolute Gasteiger partial charge is 0.218 e. The molecule has 0 saturated carbocycles. The molecule has 1 aromatic carbocycles. The van der Waals surface area contributed by atoms with E-state index in [1.165, 1.54) is 0 Å². The third-order valence-corrected chi connectivity index (χ3v) is 3.63. The Morgan fingerprint density at radius 1 is 1.27 bits per heavy atom. The molecule has 0 spiro atoms. The zero-order valence-electron chi connectivity index (χ0n) is 13.2. The van der Waals surface area contributed by atoms with Crippen LogP contribution in [0.3, 0.4) is 0 Å². The van der Waals surface area contributed by atoms with E-state index < -0.39 is 0 Å². The van der Waals surface area contributed by atoms with Gasteiger partial charge in [-0.05, 0) is 43.7 Å². The number of halogens is 2. The van der Waals surface area contributed by atoms with Crippen LogP contribution in [-0.2, 0) is 13.1 Å². The van der Waals surface area contributed by atoms with Gasteiger partial charge < -0.3 is 10.1 Å². The standard InChI is InChI=1S/C16H22BrN3O.ClH/c1-12(2)8-9-20-16(10-14(19-20)11-18-3)21-15-6-4-13(17)5-7-15;/h4-7,10,12,18H,8-9,11H2,1-3H3;1H. The van der Waals surface area contributed by atoms with E-state index in [-0.39, 0.29) is 12.4 Å². The number of ether oxygens (including phenoxy) is 1. The van der Waals surface area contributed by atoms with Crippen molar-refractivity contribution in [3.8, 4) is 11.6 Å². The van der Waals surface area contributed by atoms with E-state index in [1.807, 2.05) is 42.1 Å². The molecule has 2 aromatic rings. The summed E-state index contributed by atoms with van der Waals surface area (Å²) in [6, 6.07) is 9.83. The van der Waals surface area contributed by atoms with Gasteiger partial charge in [0.25, 0.3) is 0 Å². The molecule has 2 rings (SSSR count). The highest BCUT2D eigenvalue weighted by atomic mass is 79.9. The second-order valence-electron chi connectivity index (χ2n) is 5.47. The van der Waals surface area contributed by atoms with E-state index >= 15 is 0 Å². The summed E-state index contributed by atoms with van der Waals surface area (Å²) in [6.07, 6.45) is 1.08. The van der Waals surface area contributed by atoms with E-state index in [0.717, 1.165) is 41.3 Å². The molecule has 0 radical (unpaired) electrons. The minimum Gasteiger partial charge on any atom is -0.439 e. The third-order valence-electron chi connectivity index (χ3n) is 3.11. The van der Waals surface area contributed by atoms with Crippen molar-refractivity contribution >= 4 is 28.3 Å². The minimum absolute atomic E-state index is 0. The van der Waals surface area contributed by atoms with Crippen LogP contribution in [0.25, 0.3) is 0 Å². The number of benzene rings is 1. The molecule has 4 nitrogen and oxygen atoms in total. The number of nitrogens with zero attached hydrogens (tertiary/aromatic N) is 2. The second-order valence-corrected chi connectivity index (χ2v) is 6.38. The lowest BCUT2D eigenvalue weighted by atomic mass is 10.1. The zero-order chi connectivity index (χ0) is 15.2. The predicted octanol–water partition coefficient (Wildman–Crippen LogP) is 4.63. The molecule has 0 amide bonds. The van der Waals surface area contributed by atoms with Gasteiger partial charge in [-0.2, -0.15) is 5.10 Å². The van der Waals surface area contributed by atoms with Crippen molar-refractivity contribution in [2.45, 2.75) is 33.4 Å². The average molecular weight is 389 g/mol. The van der Waals surface area contributed by atoms with Gasteiger partial charge in [0, 0.05) is 23.6 Å². The minimum atomic E-state index is 0. The number of hydrogen-bond donors (Lipinski definition) is 1. The van der Waals surface area contributed by atoms with Gasteiger partial charge in [-0.25, -0.2) is 4.68 Å². The van der Waals surface area contributed by atoms with Gasteiger partial charge in [0.15, 0.2) is 0 Å². The van der Waals surface area contributed by atoms with Gasteiger partial charge in [0.05, 0.1) is 5.69 Å². The van der Waals surface area contributed by atoms with Gasteiger partial charge in [0.2, 0.25) is 5.88 Å². The zero-order valence-corrected chi connectivity index (χ0v) is 15.6. The SMILES string of the molecule is CNCc1cc(Oc2ccc(Br)cc2)n(CCC(C)C)n1.Cl. The first kappa shape index (κ1) is 19.0. The van der Waals surface area contributed by atoms with E-state index in [4.69, 9.17) is 4.74 Å². The van der Waals surface area contributed by atoms with Crippen molar-refractivity contribution in [3.05, 3.63) is 40.5 Å². The maximum Gasteiger partial charge on any atom is 0.218 e. The monoisotopic (exact) mass is 387 g/mol. The van der Waals surface area contributed by atoms with Crippen molar-refractivity contribution in [2.24, 2.45) is 5.92 Å². The van der Waals surface area contributed by atoms with Crippen LogP contribution in [0.15, 0.2) is 34.8 Å². The average Bonchev–Trinajstić information content (AvgIpc) is 2.81. The topological polar surface area (TPSA) is 39.1 Å². The lowest BCUT2D eigenvalue weighted by Crippen LogP contribution is -2.08. The molecule has 0 atom stereocenters. The Balaban J connectivity index is 0.00000242. The van der Waals surface area contributed by atoms with Crippen LogP contribution in [0, 0.1) is 5.92 Å². The number of aryl methyl sites for hydroxylation is 1. The highest BCUT2D eigenvalue weighted by molar-refractivity contribution is 9.10. The molecular weight excluding hydrogens is 366 g/mol. The first-order chi connectivity index (χ1) is 10.1. The molecule has 0 saturated heterocycles. The van der Waals surface area contributed by atoms with Crippen molar-refractivity contribution in [1.29, 1.82) is 0 Å². The molecule has 0 fully saturated rings. The molecular formula is C16H23BrClN3O. The number of rotatable bonds is 7. The number of nitrogens with one attached hydrogen (secondary N) is 1. The quantitative estimate of drug-likeness (QED) is 0.752. The number of aromatic nitrogens is 2. The second kappa shape index (κ2) is 9.18. The van der Waals surface area contributed by atoms with Crippen molar-refractivity contribution in [1.82, 2.24) is 15.1 Å². The van der Waals surface area contributed by atoms with E-state index in [9.17, 15) is 0 Å². The summed E-state index contributed by atoms with van der Waals surface area (Å²) in [5, 5.41) is 7.73. The van der Waals surface area contributed by atoms with Crippen LogP contribution < -0.4 is 10.1 Å². The maximum absolute atomic E-state index is 5.98. The predicted molar refractivity (Wildman–Crippen MR) is 95.9 cm³/mol. The largest absolute Gasteiger partial charge is 0.439 e. The van der Waals surface area contributed by atoms with Crippen LogP contribution in [0.4, 0.5) is 0 Å².